The van der Waals surface area contributed by atoms with Crippen LogP contribution in [0.2, 0.25) is 0 Å². The number of alkyl halides is 3. The summed E-state index contributed by atoms with van der Waals surface area (Å²) in [6.07, 6.45) is -3.52. The van der Waals surface area contributed by atoms with Gasteiger partial charge in [-0.05, 0) is 51.9 Å². The molecular weight excluding hydrogens is 387 g/mol. The highest BCUT2D eigenvalue weighted by Gasteiger charge is 2.35. The van der Waals surface area contributed by atoms with Crippen LogP contribution < -0.4 is 5.73 Å². The molecule has 0 saturated carbocycles. The molecule has 3 nitrogen and oxygen atoms in total. The van der Waals surface area contributed by atoms with Crippen molar-refractivity contribution in [1.29, 1.82) is 0 Å². The summed E-state index contributed by atoms with van der Waals surface area (Å²) in [6.45, 7) is 0. The average molecular weight is 403 g/mol. The van der Waals surface area contributed by atoms with Crippen molar-refractivity contribution in [2.24, 2.45) is 0 Å². The van der Waals surface area contributed by atoms with E-state index in [-0.39, 0.29) is 5.82 Å². The summed E-state index contributed by atoms with van der Waals surface area (Å²) in [4.78, 5) is 3.93. The van der Waals surface area contributed by atoms with Crippen LogP contribution in [0.15, 0.2) is 85.1 Å². The monoisotopic (exact) mass is 403 g/mol. The highest BCUT2D eigenvalue weighted by Crippen LogP contribution is 2.34. The van der Waals surface area contributed by atoms with Crippen LogP contribution in [0.1, 0.15) is 5.69 Å². The van der Waals surface area contributed by atoms with Gasteiger partial charge in [-0.1, -0.05) is 48.5 Å². The van der Waals surface area contributed by atoms with E-state index in [0.717, 1.165) is 27.7 Å². The number of rotatable bonds is 2. The third-order valence-electron chi connectivity index (χ3n) is 5.17. The van der Waals surface area contributed by atoms with Crippen molar-refractivity contribution in [1.82, 2.24) is 9.55 Å². The average Bonchev–Trinajstić information content (AvgIpc) is 3.20. The molecule has 148 valence electrons. The fourth-order valence-electron chi connectivity index (χ4n) is 3.70. The van der Waals surface area contributed by atoms with Crippen LogP contribution in [0.4, 0.5) is 18.9 Å². The molecule has 0 fully saturated rings. The second-order valence-corrected chi connectivity index (χ2v) is 7.13. The number of halogens is 3. The number of anilines is 1. The molecule has 0 spiro atoms. The second kappa shape index (κ2) is 6.62. The highest BCUT2D eigenvalue weighted by molar-refractivity contribution is 6.08. The lowest BCUT2D eigenvalue weighted by molar-refractivity contribution is -0.140. The van der Waals surface area contributed by atoms with E-state index in [2.05, 4.69) is 4.98 Å². The summed E-state index contributed by atoms with van der Waals surface area (Å²) in [6, 6.07) is 24.3. The van der Waals surface area contributed by atoms with Crippen molar-refractivity contribution in [3.63, 3.8) is 0 Å². The molecular formula is C24H16F3N3. The smallest absolute Gasteiger partial charge is 0.399 e. The molecule has 0 radical (unpaired) electrons. The van der Waals surface area contributed by atoms with Crippen molar-refractivity contribution in [3.05, 3.63) is 90.8 Å². The highest BCUT2D eigenvalue weighted by atomic mass is 19.4. The van der Waals surface area contributed by atoms with Gasteiger partial charge in [0.1, 0.15) is 5.82 Å². The first-order chi connectivity index (χ1) is 14.4. The zero-order valence-electron chi connectivity index (χ0n) is 15.7. The predicted molar refractivity (Wildman–Crippen MR) is 113 cm³/mol. The van der Waals surface area contributed by atoms with Gasteiger partial charge in [0, 0.05) is 23.1 Å². The minimum Gasteiger partial charge on any atom is -0.399 e. The SMILES string of the molecule is Nc1ccc(-n2cc(C(F)(F)F)nc2-c2ccc3c(ccc4ccccc43)c2)cc1. The third kappa shape index (κ3) is 3.06. The van der Waals surface area contributed by atoms with Crippen molar-refractivity contribution < 1.29 is 13.2 Å². The standard InChI is InChI=1S/C24H16F3N3/c25-24(26,27)22-14-30(19-10-8-18(28)9-11-19)23(29-22)17-7-12-21-16(13-17)6-5-15-3-1-2-4-20(15)21/h1-14H,28H2. The fourth-order valence-corrected chi connectivity index (χ4v) is 3.70. The van der Waals surface area contributed by atoms with Crippen LogP contribution in [0.25, 0.3) is 38.6 Å². The summed E-state index contributed by atoms with van der Waals surface area (Å²) in [7, 11) is 0. The maximum absolute atomic E-state index is 13.4. The third-order valence-corrected chi connectivity index (χ3v) is 5.17. The van der Waals surface area contributed by atoms with Gasteiger partial charge in [0.25, 0.3) is 0 Å². The van der Waals surface area contributed by atoms with Crippen LogP contribution >= 0.6 is 0 Å². The predicted octanol–water partition coefficient (Wildman–Crippen LogP) is 6.45. The molecule has 5 rings (SSSR count). The molecule has 1 aromatic heterocycles. The van der Waals surface area contributed by atoms with E-state index in [9.17, 15) is 13.2 Å². The number of imidazole rings is 1. The summed E-state index contributed by atoms with van der Waals surface area (Å²) in [5.41, 5.74) is 6.49. The van der Waals surface area contributed by atoms with E-state index in [1.807, 2.05) is 54.6 Å². The number of nitrogens with zero attached hydrogens (tertiary/aromatic N) is 2. The van der Waals surface area contributed by atoms with E-state index >= 15 is 0 Å². The van der Waals surface area contributed by atoms with Crippen LogP contribution in [-0.2, 0) is 6.18 Å². The van der Waals surface area contributed by atoms with E-state index in [0.29, 0.717) is 16.9 Å². The molecule has 1 heterocycles. The molecule has 0 aliphatic heterocycles. The number of hydrogen-bond donors (Lipinski definition) is 1. The molecule has 0 saturated heterocycles. The fraction of sp³-hybridized carbons (Fsp3) is 0.0417. The summed E-state index contributed by atoms with van der Waals surface area (Å²) in [5.74, 6) is 0.224. The molecule has 0 amide bonds. The number of nitrogen functional groups attached to an aromatic ring is 1. The molecule has 0 aliphatic rings. The van der Waals surface area contributed by atoms with Gasteiger partial charge in [-0.2, -0.15) is 13.2 Å². The number of nitrogens with two attached hydrogens (primary N) is 1. The van der Waals surface area contributed by atoms with E-state index in [1.54, 1.807) is 24.3 Å². The molecule has 2 N–H and O–H groups in total. The van der Waals surface area contributed by atoms with Crippen LogP contribution in [0, 0.1) is 0 Å². The van der Waals surface area contributed by atoms with Gasteiger partial charge >= 0.3 is 6.18 Å². The molecule has 6 heteroatoms. The normalized spacial score (nSPS) is 12.0. The first-order valence-corrected chi connectivity index (χ1v) is 9.34. The molecule has 0 aliphatic carbocycles. The number of fused-ring (bicyclic) bond motifs is 3. The molecule has 5 aromatic rings. The lowest BCUT2D eigenvalue weighted by atomic mass is 10.00. The molecule has 0 atom stereocenters. The van der Waals surface area contributed by atoms with Crippen molar-refractivity contribution in [2.75, 3.05) is 5.73 Å². The Bertz CT molecular complexity index is 1380. The van der Waals surface area contributed by atoms with Gasteiger partial charge < -0.3 is 5.73 Å². The zero-order valence-corrected chi connectivity index (χ0v) is 15.7. The van der Waals surface area contributed by atoms with Gasteiger partial charge in [0.15, 0.2) is 5.69 Å². The van der Waals surface area contributed by atoms with Gasteiger partial charge in [0.2, 0.25) is 0 Å². The van der Waals surface area contributed by atoms with Crippen LogP contribution in [0.3, 0.4) is 0 Å². The molecule has 0 unspecified atom stereocenters. The van der Waals surface area contributed by atoms with Crippen LogP contribution in [-0.4, -0.2) is 9.55 Å². The van der Waals surface area contributed by atoms with Gasteiger partial charge in [-0.25, -0.2) is 4.98 Å². The topological polar surface area (TPSA) is 43.8 Å². The Morgan fingerprint density at radius 3 is 2.23 bits per heavy atom. The second-order valence-electron chi connectivity index (χ2n) is 7.13. The number of benzene rings is 4. The summed E-state index contributed by atoms with van der Waals surface area (Å²) < 4.78 is 41.7. The largest absolute Gasteiger partial charge is 0.434 e. The Balaban J connectivity index is 1.72. The minimum absolute atomic E-state index is 0.224. The lowest BCUT2D eigenvalue weighted by Gasteiger charge is -2.10. The molecule has 0 bridgehead atoms. The maximum Gasteiger partial charge on any atom is 0.434 e. The first-order valence-electron chi connectivity index (χ1n) is 9.34. The molecule has 30 heavy (non-hydrogen) atoms. The van der Waals surface area contributed by atoms with Gasteiger partial charge in [0.05, 0.1) is 0 Å². The van der Waals surface area contributed by atoms with Gasteiger partial charge in [-0.15, -0.1) is 0 Å². The minimum atomic E-state index is -4.54. The van der Waals surface area contributed by atoms with E-state index in [1.165, 1.54) is 4.57 Å². The van der Waals surface area contributed by atoms with Crippen molar-refractivity contribution >= 4 is 27.2 Å². The van der Waals surface area contributed by atoms with E-state index in [4.69, 9.17) is 5.73 Å². The Morgan fingerprint density at radius 1 is 0.767 bits per heavy atom. The Morgan fingerprint density at radius 2 is 1.47 bits per heavy atom. The summed E-state index contributed by atoms with van der Waals surface area (Å²) in [5, 5.41) is 4.19. The van der Waals surface area contributed by atoms with Crippen LogP contribution in [0.5, 0.6) is 0 Å². The van der Waals surface area contributed by atoms with Crippen molar-refractivity contribution in [2.45, 2.75) is 6.18 Å². The maximum atomic E-state index is 13.4. The quantitative estimate of drug-likeness (QED) is 0.272. The zero-order chi connectivity index (χ0) is 20.9. The molecule has 4 aromatic carbocycles. The number of aromatic nitrogens is 2. The Labute approximate surface area is 170 Å². The van der Waals surface area contributed by atoms with Gasteiger partial charge in [-0.3, -0.25) is 4.57 Å². The Kier molecular flexibility index (Phi) is 4.03. The lowest BCUT2D eigenvalue weighted by Crippen LogP contribution is -2.05. The van der Waals surface area contributed by atoms with E-state index < -0.39 is 11.9 Å². The van der Waals surface area contributed by atoms with Crippen molar-refractivity contribution in [3.8, 4) is 17.1 Å². The first kappa shape index (κ1) is 18.2. The number of hydrogen-bond acceptors (Lipinski definition) is 2. The Hall–Kier alpha value is -3.80. The summed E-state index contributed by atoms with van der Waals surface area (Å²) >= 11 is 0.